The van der Waals surface area contributed by atoms with Crippen molar-refractivity contribution in [3.05, 3.63) is 48.0 Å². The molecule has 0 amide bonds. The number of rotatable bonds is 12. The zero-order valence-electron chi connectivity index (χ0n) is 18.7. The molecule has 9 heteroatoms. The molecule has 0 aliphatic carbocycles. The average Bonchev–Trinajstić information content (AvgIpc) is 3.28. The first-order valence-corrected chi connectivity index (χ1v) is 12.6. The van der Waals surface area contributed by atoms with Gasteiger partial charge in [-0.05, 0) is 47.9 Å². The van der Waals surface area contributed by atoms with Crippen molar-refractivity contribution in [2.75, 3.05) is 24.5 Å². The number of hydrogen-bond donors (Lipinski definition) is 1. The first kappa shape index (κ1) is 23.9. The zero-order valence-corrected chi connectivity index (χ0v) is 19.5. The van der Waals surface area contributed by atoms with Crippen molar-refractivity contribution in [1.29, 1.82) is 0 Å². The first-order chi connectivity index (χ1) is 15.4. The fourth-order valence-corrected chi connectivity index (χ4v) is 4.24. The van der Waals surface area contributed by atoms with Crippen molar-refractivity contribution in [1.82, 2.24) is 0 Å². The van der Waals surface area contributed by atoms with Crippen LogP contribution in [0.1, 0.15) is 45.1 Å². The van der Waals surface area contributed by atoms with Crippen LogP contribution in [0, 0.1) is 0 Å². The van der Waals surface area contributed by atoms with Crippen LogP contribution in [0.5, 0.6) is 11.5 Å². The first-order valence-electron chi connectivity index (χ1n) is 11.0. The third-order valence-corrected chi connectivity index (χ3v) is 6.10. The van der Waals surface area contributed by atoms with Gasteiger partial charge in [-0.25, -0.2) is 13.6 Å². The summed E-state index contributed by atoms with van der Waals surface area (Å²) in [7, 11) is -4.05. The predicted octanol–water partition coefficient (Wildman–Crippen LogP) is 4.90. The Hall–Kier alpha value is -2.78. The standard InChI is InChI=1S/C23H31N5O3S/c1-3-5-12-28(13-6-4-2)21-15-18(14-19-17-25-27-26-19)16-22(32(24,29)30)23(21)31-20-10-8-7-9-11-20/h7-11,15-16H,3-6,12-14,17H2,1-2H3,(H2,24,29,30). The van der Waals surface area contributed by atoms with E-state index in [1.165, 1.54) is 0 Å². The van der Waals surface area contributed by atoms with Gasteiger partial charge in [-0.1, -0.05) is 44.9 Å². The number of unbranched alkanes of at least 4 members (excludes halogenated alkanes) is 2. The molecular formula is C23H31N5O3S. The highest BCUT2D eigenvalue weighted by Gasteiger charge is 2.25. The van der Waals surface area contributed by atoms with Crippen LogP contribution < -0.4 is 14.8 Å². The van der Waals surface area contributed by atoms with Crippen LogP contribution in [0.25, 0.3) is 0 Å². The minimum Gasteiger partial charge on any atom is -0.454 e. The Bertz CT molecular complexity index is 1060. The van der Waals surface area contributed by atoms with Gasteiger partial charge in [0.15, 0.2) is 5.75 Å². The van der Waals surface area contributed by atoms with Gasteiger partial charge < -0.3 is 9.64 Å². The number of ether oxygens (including phenoxy) is 1. The third-order valence-electron chi connectivity index (χ3n) is 5.18. The molecule has 1 aliphatic rings. The molecule has 32 heavy (non-hydrogen) atoms. The van der Waals surface area contributed by atoms with Gasteiger partial charge in [0.05, 0.1) is 11.4 Å². The molecule has 0 fully saturated rings. The number of nitrogens with two attached hydrogens (primary N) is 1. The van der Waals surface area contributed by atoms with E-state index in [0.717, 1.165) is 55.7 Å². The minimum atomic E-state index is -4.05. The maximum absolute atomic E-state index is 12.6. The molecule has 0 saturated heterocycles. The Morgan fingerprint density at radius 3 is 2.31 bits per heavy atom. The maximum Gasteiger partial charge on any atom is 0.241 e. The van der Waals surface area contributed by atoms with Gasteiger partial charge >= 0.3 is 0 Å². The van der Waals surface area contributed by atoms with Crippen molar-refractivity contribution in [2.45, 2.75) is 50.8 Å². The summed E-state index contributed by atoms with van der Waals surface area (Å²) in [5.74, 6) is 0.812. The topological polar surface area (TPSA) is 110 Å². The van der Waals surface area contributed by atoms with E-state index in [0.29, 0.717) is 18.7 Å². The minimum absolute atomic E-state index is 0.0284. The SMILES string of the molecule is CCCCN(CCCC)c1cc(CC2=NN=NC2)cc(S(N)(=O)=O)c1Oc1ccccc1. The van der Waals surface area contributed by atoms with E-state index in [4.69, 9.17) is 9.88 Å². The van der Waals surface area contributed by atoms with Crippen molar-refractivity contribution in [3.63, 3.8) is 0 Å². The second-order valence-corrected chi connectivity index (χ2v) is 9.36. The molecule has 1 aliphatic heterocycles. The second-order valence-electron chi connectivity index (χ2n) is 7.83. The molecule has 8 nitrogen and oxygen atoms in total. The predicted molar refractivity (Wildman–Crippen MR) is 127 cm³/mol. The lowest BCUT2D eigenvalue weighted by atomic mass is 10.1. The summed E-state index contributed by atoms with van der Waals surface area (Å²) in [6, 6.07) is 12.7. The molecule has 2 aromatic carbocycles. The summed E-state index contributed by atoms with van der Waals surface area (Å²) in [4.78, 5) is 2.17. The molecule has 2 aromatic rings. The fraction of sp³-hybridized carbons (Fsp3) is 0.435. The summed E-state index contributed by atoms with van der Waals surface area (Å²) in [6.07, 6.45) is 4.46. The third kappa shape index (κ3) is 6.37. The molecule has 2 N–H and O–H groups in total. The summed E-state index contributed by atoms with van der Waals surface area (Å²) in [6.45, 7) is 6.27. The molecule has 0 aromatic heterocycles. The Morgan fingerprint density at radius 2 is 1.75 bits per heavy atom. The fourth-order valence-electron chi connectivity index (χ4n) is 3.52. The van der Waals surface area contributed by atoms with E-state index < -0.39 is 10.0 Å². The molecule has 172 valence electrons. The number of primary sulfonamides is 1. The molecular weight excluding hydrogens is 426 g/mol. The summed E-state index contributed by atoms with van der Waals surface area (Å²) in [5.41, 5.74) is 2.29. The molecule has 1 heterocycles. The number of para-hydroxylation sites is 1. The number of sulfonamides is 1. The van der Waals surface area contributed by atoms with E-state index >= 15 is 0 Å². The Labute approximate surface area is 190 Å². The van der Waals surface area contributed by atoms with Gasteiger partial charge in [-0.2, -0.15) is 5.11 Å². The normalized spacial score (nSPS) is 13.3. The van der Waals surface area contributed by atoms with Crippen LogP contribution in [-0.2, 0) is 16.4 Å². The molecule has 3 rings (SSSR count). The number of hydrogen-bond acceptors (Lipinski definition) is 7. The largest absolute Gasteiger partial charge is 0.454 e. The zero-order chi connectivity index (χ0) is 23.0. The van der Waals surface area contributed by atoms with Crippen LogP contribution in [0.4, 0.5) is 5.69 Å². The smallest absolute Gasteiger partial charge is 0.241 e. The van der Waals surface area contributed by atoms with Crippen LogP contribution in [0.3, 0.4) is 0 Å². The number of benzene rings is 2. The summed E-state index contributed by atoms with van der Waals surface area (Å²) >= 11 is 0. The van der Waals surface area contributed by atoms with Gasteiger partial charge in [0.1, 0.15) is 17.2 Å². The molecule has 0 atom stereocenters. The Balaban J connectivity index is 2.14. The highest BCUT2D eigenvalue weighted by atomic mass is 32.2. The van der Waals surface area contributed by atoms with E-state index in [1.807, 2.05) is 24.3 Å². The molecule has 0 radical (unpaired) electrons. The summed E-state index contributed by atoms with van der Waals surface area (Å²) < 4.78 is 31.5. The van der Waals surface area contributed by atoms with Gasteiger partial charge in [0, 0.05) is 19.5 Å². The van der Waals surface area contributed by atoms with Crippen molar-refractivity contribution in [2.24, 2.45) is 20.6 Å². The van der Waals surface area contributed by atoms with Gasteiger partial charge in [-0.15, -0.1) is 5.10 Å². The average molecular weight is 458 g/mol. The molecule has 0 bridgehead atoms. The van der Waals surface area contributed by atoms with E-state index in [1.54, 1.807) is 18.2 Å². The van der Waals surface area contributed by atoms with Crippen LogP contribution >= 0.6 is 0 Å². The Morgan fingerprint density at radius 1 is 1.06 bits per heavy atom. The van der Waals surface area contributed by atoms with E-state index in [9.17, 15) is 8.42 Å². The van der Waals surface area contributed by atoms with E-state index in [2.05, 4.69) is 34.2 Å². The maximum atomic E-state index is 12.6. The van der Waals surface area contributed by atoms with Crippen molar-refractivity contribution >= 4 is 21.4 Å². The monoisotopic (exact) mass is 457 g/mol. The summed E-state index contributed by atoms with van der Waals surface area (Å²) in [5, 5.41) is 17.3. The van der Waals surface area contributed by atoms with E-state index in [-0.39, 0.29) is 10.6 Å². The lowest BCUT2D eigenvalue weighted by Crippen LogP contribution is -2.27. The van der Waals surface area contributed by atoms with Crippen molar-refractivity contribution < 1.29 is 13.2 Å². The second kappa shape index (κ2) is 11.2. The van der Waals surface area contributed by atoms with Crippen LogP contribution in [0.15, 0.2) is 62.8 Å². The molecule has 0 spiro atoms. The highest BCUT2D eigenvalue weighted by Crippen LogP contribution is 2.40. The lowest BCUT2D eigenvalue weighted by Gasteiger charge is -2.28. The van der Waals surface area contributed by atoms with Crippen LogP contribution in [-0.4, -0.2) is 33.8 Å². The number of anilines is 1. The van der Waals surface area contributed by atoms with Gasteiger partial charge in [0.2, 0.25) is 10.0 Å². The number of nitrogens with zero attached hydrogens (tertiary/aromatic N) is 4. The van der Waals surface area contributed by atoms with Crippen molar-refractivity contribution in [3.8, 4) is 11.5 Å². The lowest BCUT2D eigenvalue weighted by molar-refractivity contribution is 0.465. The van der Waals surface area contributed by atoms with Gasteiger partial charge in [-0.3, -0.25) is 0 Å². The Kier molecular flexibility index (Phi) is 8.35. The van der Waals surface area contributed by atoms with Gasteiger partial charge in [0.25, 0.3) is 0 Å². The highest BCUT2D eigenvalue weighted by molar-refractivity contribution is 7.89. The molecule has 0 unspecified atom stereocenters. The quantitative estimate of drug-likeness (QED) is 0.489. The molecule has 0 saturated carbocycles. The van der Waals surface area contributed by atoms with Crippen LogP contribution in [0.2, 0.25) is 0 Å².